The van der Waals surface area contributed by atoms with Gasteiger partial charge in [-0.3, -0.25) is 0 Å². The molecule has 0 fully saturated rings. The first kappa shape index (κ1) is 21.9. The number of rotatable bonds is 5. The SMILES string of the molecule is CN1/C(=C/c2sc3ccc(-c4ccccc4)cc3[n+]2CCS(=O)(=O)[O-])Oc2ccc(Cl)cc21. The van der Waals surface area contributed by atoms with Crippen LogP contribution in [0.3, 0.4) is 0 Å². The van der Waals surface area contributed by atoms with Crippen LogP contribution < -0.4 is 14.2 Å². The van der Waals surface area contributed by atoms with Crippen LogP contribution in [0.1, 0.15) is 5.01 Å². The number of nitrogens with zero attached hydrogens (tertiary/aromatic N) is 2. The minimum absolute atomic E-state index is 0.0473. The van der Waals surface area contributed by atoms with E-state index in [0.29, 0.717) is 16.7 Å². The number of hydrogen-bond acceptors (Lipinski definition) is 6. The number of hydrogen-bond donors (Lipinski definition) is 0. The van der Waals surface area contributed by atoms with Crippen LogP contribution in [0.4, 0.5) is 5.69 Å². The minimum atomic E-state index is -4.38. The molecule has 9 heteroatoms. The monoisotopic (exact) mass is 498 g/mol. The Morgan fingerprint density at radius 1 is 1.09 bits per heavy atom. The van der Waals surface area contributed by atoms with Crippen LogP contribution in [0.25, 0.3) is 27.4 Å². The van der Waals surface area contributed by atoms with E-state index < -0.39 is 15.9 Å². The van der Waals surface area contributed by atoms with E-state index in [4.69, 9.17) is 16.3 Å². The summed E-state index contributed by atoms with van der Waals surface area (Å²) >= 11 is 7.64. The van der Waals surface area contributed by atoms with Crippen LogP contribution in [0.15, 0.2) is 72.6 Å². The van der Waals surface area contributed by atoms with E-state index in [1.54, 1.807) is 6.07 Å². The van der Waals surface area contributed by atoms with Gasteiger partial charge in [0, 0.05) is 18.1 Å². The largest absolute Gasteiger partial charge is 0.748 e. The molecule has 0 saturated carbocycles. The fourth-order valence-corrected chi connectivity index (χ4v) is 5.49. The molecule has 1 aromatic heterocycles. The smallest absolute Gasteiger partial charge is 0.268 e. The third-order valence-electron chi connectivity index (χ3n) is 5.48. The van der Waals surface area contributed by atoms with E-state index in [1.807, 2.05) is 83.3 Å². The number of aryl methyl sites for hydroxylation is 1. The van der Waals surface area contributed by atoms with Crippen molar-refractivity contribution in [1.82, 2.24) is 0 Å². The molecule has 0 aliphatic carbocycles. The number of ether oxygens (including phenoxy) is 1. The Labute approximate surface area is 200 Å². The molecule has 0 spiro atoms. The summed E-state index contributed by atoms with van der Waals surface area (Å²) in [5, 5.41) is 1.39. The summed E-state index contributed by atoms with van der Waals surface area (Å²) in [5.74, 6) is 0.775. The molecule has 0 saturated heterocycles. The highest BCUT2D eigenvalue weighted by Gasteiger charge is 2.27. The lowest BCUT2D eigenvalue weighted by Gasteiger charge is -2.10. The van der Waals surface area contributed by atoms with Gasteiger partial charge in [0.2, 0.25) is 11.4 Å². The molecule has 0 bridgehead atoms. The molecule has 5 rings (SSSR count). The summed E-state index contributed by atoms with van der Waals surface area (Å²) in [6.07, 6.45) is 1.86. The van der Waals surface area contributed by atoms with E-state index in [1.165, 1.54) is 11.3 Å². The van der Waals surface area contributed by atoms with Crippen LogP contribution in [0.5, 0.6) is 5.75 Å². The highest BCUT2D eigenvalue weighted by atomic mass is 35.5. The van der Waals surface area contributed by atoms with E-state index in [0.717, 1.165) is 32.0 Å². The van der Waals surface area contributed by atoms with Crippen molar-refractivity contribution >= 4 is 55.0 Å². The zero-order valence-corrected chi connectivity index (χ0v) is 20.0. The average Bonchev–Trinajstić information content (AvgIpc) is 3.29. The van der Waals surface area contributed by atoms with Crippen molar-refractivity contribution in [1.29, 1.82) is 0 Å². The average molecular weight is 499 g/mol. The van der Waals surface area contributed by atoms with Crippen molar-refractivity contribution in [2.75, 3.05) is 17.7 Å². The number of fused-ring (bicyclic) bond motifs is 2. The first-order valence-corrected chi connectivity index (χ1v) is 12.9. The van der Waals surface area contributed by atoms with Gasteiger partial charge >= 0.3 is 0 Å². The Morgan fingerprint density at radius 2 is 1.88 bits per heavy atom. The van der Waals surface area contributed by atoms with Gasteiger partial charge in [-0.25, -0.2) is 8.42 Å². The maximum atomic E-state index is 11.4. The lowest BCUT2D eigenvalue weighted by molar-refractivity contribution is -0.664. The van der Waals surface area contributed by atoms with Crippen molar-refractivity contribution in [3.63, 3.8) is 0 Å². The van der Waals surface area contributed by atoms with Crippen molar-refractivity contribution in [2.45, 2.75) is 6.54 Å². The summed E-state index contributed by atoms with van der Waals surface area (Å²) in [4.78, 5) is 1.88. The Kier molecular flexibility index (Phi) is 5.62. The summed E-state index contributed by atoms with van der Waals surface area (Å²) in [7, 11) is -2.50. The minimum Gasteiger partial charge on any atom is -0.748 e. The van der Waals surface area contributed by atoms with Gasteiger partial charge in [-0.2, -0.15) is 4.57 Å². The molecule has 4 aromatic rings. The fraction of sp³-hybridized carbons (Fsp3) is 0.125. The number of benzene rings is 3. The summed E-state index contributed by atoms with van der Waals surface area (Å²) in [5.41, 5.74) is 3.77. The molecule has 3 aromatic carbocycles. The molecule has 0 atom stereocenters. The number of anilines is 1. The van der Waals surface area contributed by atoms with Gasteiger partial charge in [0.05, 0.1) is 17.5 Å². The van der Waals surface area contributed by atoms with Crippen molar-refractivity contribution < 1.29 is 22.3 Å². The molecule has 0 unspecified atom stereocenters. The maximum absolute atomic E-state index is 11.4. The third-order valence-corrected chi connectivity index (χ3v) is 7.51. The van der Waals surface area contributed by atoms with Crippen molar-refractivity contribution in [3.05, 3.63) is 82.6 Å². The first-order chi connectivity index (χ1) is 15.8. The summed E-state index contributed by atoms with van der Waals surface area (Å²) < 4.78 is 43.1. The molecular weight excluding hydrogens is 480 g/mol. The molecule has 0 amide bonds. The number of thiazole rings is 1. The maximum Gasteiger partial charge on any atom is 0.268 e. The molecule has 1 aliphatic heterocycles. The first-order valence-electron chi connectivity index (χ1n) is 10.2. The summed E-state index contributed by atoms with van der Waals surface area (Å²) in [6, 6.07) is 21.4. The molecule has 0 N–H and O–H groups in total. The van der Waals surface area contributed by atoms with Gasteiger partial charge in [-0.15, -0.1) is 0 Å². The predicted octanol–water partition coefficient (Wildman–Crippen LogP) is 4.88. The number of aromatic nitrogens is 1. The second-order valence-electron chi connectivity index (χ2n) is 7.66. The topological polar surface area (TPSA) is 73.6 Å². The molecule has 168 valence electrons. The molecular formula is C24H19ClN2O4S2. The van der Waals surface area contributed by atoms with E-state index in [9.17, 15) is 13.0 Å². The van der Waals surface area contributed by atoms with Crippen LogP contribution >= 0.6 is 22.9 Å². The van der Waals surface area contributed by atoms with Crippen LogP contribution in [-0.4, -0.2) is 25.8 Å². The molecule has 6 nitrogen and oxygen atoms in total. The standard InChI is InChI=1S/C24H19ClN2O4S2/c1-26-19-14-18(25)8-9-21(19)31-23(26)15-24-27(11-12-33(28,29)30)20-13-17(7-10-22(20)32-24)16-5-3-2-4-6-16/h2-10,13-15H,11-12H2,1H3. The van der Waals surface area contributed by atoms with Crippen molar-refractivity contribution in [3.8, 4) is 16.9 Å². The Balaban J connectivity index is 1.61. The fourth-order valence-electron chi connectivity index (χ4n) is 3.82. The van der Waals surface area contributed by atoms with Gasteiger partial charge in [-0.1, -0.05) is 59.3 Å². The van der Waals surface area contributed by atoms with Crippen LogP contribution in [0, 0.1) is 0 Å². The van der Waals surface area contributed by atoms with E-state index in [-0.39, 0.29) is 6.54 Å². The zero-order valence-electron chi connectivity index (χ0n) is 17.6. The van der Waals surface area contributed by atoms with Crippen LogP contribution in [-0.2, 0) is 16.7 Å². The van der Waals surface area contributed by atoms with Crippen molar-refractivity contribution in [2.24, 2.45) is 0 Å². The Morgan fingerprint density at radius 3 is 2.64 bits per heavy atom. The van der Waals surface area contributed by atoms with Gasteiger partial charge in [0.25, 0.3) is 5.01 Å². The van der Waals surface area contributed by atoms with Gasteiger partial charge in [0.1, 0.15) is 14.8 Å². The highest BCUT2D eigenvalue weighted by Crippen LogP contribution is 2.40. The second-order valence-corrected chi connectivity index (χ2v) is 10.7. The van der Waals surface area contributed by atoms with E-state index >= 15 is 0 Å². The van der Waals surface area contributed by atoms with Gasteiger partial charge < -0.3 is 14.2 Å². The Hall–Kier alpha value is -2.91. The molecule has 0 radical (unpaired) electrons. The van der Waals surface area contributed by atoms with E-state index in [2.05, 4.69) is 0 Å². The lowest BCUT2D eigenvalue weighted by atomic mass is 10.1. The second kappa shape index (κ2) is 8.46. The quantitative estimate of drug-likeness (QED) is 0.289. The summed E-state index contributed by atoms with van der Waals surface area (Å²) in [6.45, 7) is 0.0473. The van der Waals surface area contributed by atoms with Crippen LogP contribution in [0.2, 0.25) is 5.02 Å². The third kappa shape index (κ3) is 4.47. The predicted molar refractivity (Wildman–Crippen MR) is 130 cm³/mol. The zero-order chi connectivity index (χ0) is 23.2. The number of halogens is 1. The lowest BCUT2D eigenvalue weighted by Crippen LogP contribution is -2.38. The molecule has 33 heavy (non-hydrogen) atoms. The Bertz CT molecular complexity index is 1500. The van der Waals surface area contributed by atoms with Gasteiger partial charge in [-0.05, 0) is 35.4 Å². The highest BCUT2D eigenvalue weighted by molar-refractivity contribution is 7.85. The molecule has 1 aliphatic rings. The molecule has 2 heterocycles. The van der Waals surface area contributed by atoms with Gasteiger partial charge in [0.15, 0.2) is 12.3 Å². The normalized spacial score (nSPS) is 14.6.